The highest BCUT2D eigenvalue weighted by atomic mass is 127. The van der Waals surface area contributed by atoms with Gasteiger partial charge in [-0.05, 0) is 24.8 Å². The third-order valence-corrected chi connectivity index (χ3v) is 3.17. The predicted octanol–water partition coefficient (Wildman–Crippen LogP) is 2.39. The van der Waals surface area contributed by atoms with Gasteiger partial charge in [-0.3, -0.25) is 4.99 Å². The van der Waals surface area contributed by atoms with E-state index in [9.17, 15) is 0 Å². The zero-order chi connectivity index (χ0) is 14.2. The molecule has 21 heavy (non-hydrogen) atoms. The van der Waals surface area contributed by atoms with Crippen LogP contribution >= 0.6 is 24.0 Å². The molecule has 0 amide bonds. The van der Waals surface area contributed by atoms with E-state index in [0.717, 1.165) is 23.8 Å². The average molecular weight is 399 g/mol. The lowest BCUT2D eigenvalue weighted by atomic mass is 10.2. The van der Waals surface area contributed by atoms with Gasteiger partial charge in [-0.1, -0.05) is 24.1 Å². The van der Waals surface area contributed by atoms with Crippen LogP contribution in [-0.2, 0) is 6.54 Å². The van der Waals surface area contributed by atoms with Gasteiger partial charge in [0, 0.05) is 19.2 Å². The summed E-state index contributed by atoms with van der Waals surface area (Å²) in [5.41, 5.74) is 1.12. The van der Waals surface area contributed by atoms with Crippen molar-refractivity contribution in [1.82, 2.24) is 10.6 Å². The standard InChI is InChI=1S/C16H21N3O.HI/c1-3-10-18-16(17-2)19-11-14-6-4-5-7-15(14)20-12-13-8-9-13;/h1,4-7,13H,8-12H2,2H3,(H2,17,18,19);1H. The first kappa shape index (κ1) is 17.6. The molecule has 1 fully saturated rings. The summed E-state index contributed by atoms with van der Waals surface area (Å²) in [6.07, 6.45) is 7.81. The minimum absolute atomic E-state index is 0. The van der Waals surface area contributed by atoms with Crippen LogP contribution in [0.2, 0.25) is 0 Å². The van der Waals surface area contributed by atoms with Crippen molar-refractivity contribution in [2.45, 2.75) is 19.4 Å². The molecular formula is C16H22IN3O. The lowest BCUT2D eigenvalue weighted by Crippen LogP contribution is -2.37. The Balaban J connectivity index is 0.00000220. The van der Waals surface area contributed by atoms with Crippen LogP contribution in [0.4, 0.5) is 0 Å². The highest BCUT2D eigenvalue weighted by molar-refractivity contribution is 14.0. The van der Waals surface area contributed by atoms with Crippen LogP contribution in [0, 0.1) is 18.3 Å². The summed E-state index contributed by atoms with van der Waals surface area (Å²) in [5.74, 6) is 4.91. The van der Waals surface area contributed by atoms with E-state index in [1.165, 1.54) is 12.8 Å². The molecule has 1 aromatic carbocycles. The van der Waals surface area contributed by atoms with Crippen molar-refractivity contribution in [3.8, 4) is 18.1 Å². The fraction of sp³-hybridized carbons (Fsp3) is 0.438. The molecule has 0 aliphatic heterocycles. The number of halogens is 1. The molecule has 0 aromatic heterocycles. The Morgan fingerprint density at radius 1 is 1.38 bits per heavy atom. The fourth-order valence-electron chi connectivity index (χ4n) is 1.82. The Morgan fingerprint density at radius 2 is 2.14 bits per heavy atom. The molecule has 1 saturated carbocycles. The second-order valence-electron chi connectivity index (χ2n) is 4.85. The lowest BCUT2D eigenvalue weighted by molar-refractivity contribution is 0.296. The molecule has 0 heterocycles. The zero-order valence-corrected chi connectivity index (χ0v) is 14.6. The van der Waals surface area contributed by atoms with E-state index < -0.39 is 0 Å². The Hall–Kier alpha value is -1.42. The molecule has 1 aliphatic carbocycles. The van der Waals surface area contributed by atoms with Crippen LogP contribution in [0.5, 0.6) is 5.75 Å². The molecule has 114 valence electrons. The zero-order valence-electron chi connectivity index (χ0n) is 12.3. The largest absolute Gasteiger partial charge is 0.493 e. The molecule has 0 spiro atoms. The van der Waals surface area contributed by atoms with E-state index in [-0.39, 0.29) is 24.0 Å². The van der Waals surface area contributed by atoms with Gasteiger partial charge in [-0.25, -0.2) is 0 Å². The van der Waals surface area contributed by atoms with Crippen LogP contribution in [-0.4, -0.2) is 26.2 Å². The van der Waals surface area contributed by atoms with E-state index in [1.54, 1.807) is 7.05 Å². The summed E-state index contributed by atoms with van der Waals surface area (Å²) in [6, 6.07) is 8.08. The highest BCUT2D eigenvalue weighted by Gasteiger charge is 2.22. The van der Waals surface area contributed by atoms with Crippen molar-refractivity contribution in [1.29, 1.82) is 0 Å². The van der Waals surface area contributed by atoms with E-state index in [1.807, 2.05) is 18.2 Å². The molecule has 0 unspecified atom stereocenters. The average Bonchev–Trinajstić information content (AvgIpc) is 3.30. The Kier molecular flexibility index (Phi) is 7.98. The second kappa shape index (κ2) is 9.50. The summed E-state index contributed by atoms with van der Waals surface area (Å²) in [6.45, 7) is 1.94. The van der Waals surface area contributed by atoms with E-state index >= 15 is 0 Å². The first-order valence-electron chi connectivity index (χ1n) is 6.92. The van der Waals surface area contributed by atoms with Crippen LogP contribution in [0.25, 0.3) is 0 Å². The number of benzene rings is 1. The monoisotopic (exact) mass is 399 g/mol. The predicted molar refractivity (Wildman–Crippen MR) is 97.1 cm³/mol. The van der Waals surface area contributed by atoms with Crippen molar-refractivity contribution in [2.24, 2.45) is 10.9 Å². The Morgan fingerprint density at radius 3 is 2.81 bits per heavy atom. The second-order valence-corrected chi connectivity index (χ2v) is 4.85. The molecule has 0 atom stereocenters. The SMILES string of the molecule is C#CCNC(=NC)NCc1ccccc1OCC1CC1.I. The summed E-state index contributed by atoms with van der Waals surface area (Å²) < 4.78 is 5.88. The maximum atomic E-state index is 5.88. The van der Waals surface area contributed by atoms with E-state index in [2.05, 4.69) is 27.6 Å². The van der Waals surface area contributed by atoms with E-state index in [4.69, 9.17) is 11.2 Å². The van der Waals surface area contributed by atoms with Gasteiger partial charge in [0.1, 0.15) is 5.75 Å². The smallest absolute Gasteiger partial charge is 0.192 e. The number of guanidine groups is 1. The minimum atomic E-state index is 0. The number of ether oxygens (including phenoxy) is 1. The topological polar surface area (TPSA) is 45.7 Å². The van der Waals surface area contributed by atoms with E-state index in [0.29, 0.717) is 19.0 Å². The van der Waals surface area contributed by atoms with Crippen molar-refractivity contribution in [3.05, 3.63) is 29.8 Å². The van der Waals surface area contributed by atoms with Crippen LogP contribution in [0.3, 0.4) is 0 Å². The Bertz CT molecular complexity index is 506. The van der Waals surface area contributed by atoms with Crippen LogP contribution in [0.15, 0.2) is 29.3 Å². The number of hydrogen-bond donors (Lipinski definition) is 2. The quantitative estimate of drug-likeness (QED) is 0.334. The van der Waals surface area contributed by atoms with Crippen LogP contribution < -0.4 is 15.4 Å². The summed E-state index contributed by atoms with van der Waals surface area (Å²) in [7, 11) is 1.72. The number of para-hydroxylation sites is 1. The summed E-state index contributed by atoms with van der Waals surface area (Å²) >= 11 is 0. The van der Waals surface area contributed by atoms with Gasteiger partial charge >= 0.3 is 0 Å². The van der Waals surface area contributed by atoms with Gasteiger partial charge in [0.15, 0.2) is 5.96 Å². The highest BCUT2D eigenvalue weighted by Crippen LogP contribution is 2.30. The van der Waals surface area contributed by atoms with Gasteiger partial charge in [0.2, 0.25) is 0 Å². The summed E-state index contributed by atoms with van der Waals surface area (Å²) in [4.78, 5) is 4.11. The fourth-order valence-corrected chi connectivity index (χ4v) is 1.82. The molecule has 4 nitrogen and oxygen atoms in total. The van der Waals surface area contributed by atoms with Gasteiger partial charge in [0.05, 0.1) is 13.2 Å². The Labute approximate surface area is 143 Å². The molecule has 1 aromatic rings. The molecule has 5 heteroatoms. The lowest BCUT2D eigenvalue weighted by Gasteiger charge is -2.14. The van der Waals surface area contributed by atoms with Gasteiger partial charge < -0.3 is 15.4 Å². The third kappa shape index (κ3) is 6.25. The van der Waals surface area contributed by atoms with Gasteiger partial charge in [0.25, 0.3) is 0 Å². The molecule has 0 saturated heterocycles. The van der Waals surface area contributed by atoms with Crippen molar-refractivity contribution >= 4 is 29.9 Å². The van der Waals surface area contributed by atoms with Gasteiger partial charge in [-0.15, -0.1) is 30.4 Å². The number of hydrogen-bond acceptors (Lipinski definition) is 2. The van der Waals surface area contributed by atoms with Crippen molar-refractivity contribution in [3.63, 3.8) is 0 Å². The summed E-state index contributed by atoms with van der Waals surface area (Å²) in [5, 5.41) is 6.26. The normalized spacial score (nSPS) is 13.8. The molecule has 2 rings (SSSR count). The van der Waals surface area contributed by atoms with Crippen molar-refractivity contribution < 1.29 is 4.74 Å². The molecule has 1 aliphatic rings. The number of terminal acetylenes is 1. The number of rotatable bonds is 6. The van der Waals surface area contributed by atoms with Crippen molar-refractivity contribution in [2.75, 3.05) is 20.2 Å². The molecule has 2 N–H and O–H groups in total. The van der Waals surface area contributed by atoms with Gasteiger partial charge in [-0.2, -0.15) is 0 Å². The molecular weight excluding hydrogens is 377 g/mol. The number of aliphatic imine (C=N–C) groups is 1. The molecule has 0 radical (unpaired) electrons. The van der Waals surface area contributed by atoms with Crippen LogP contribution in [0.1, 0.15) is 18.4 Å². The maximum absolute atomic E-state index is 5.88. The first-order chi connectivity index (χ1) is 9.83. The number of nitrogens with zero attached hydrogens (tertiary/aromatic N) is 1. The minimum Gasteiger partial charge on any atom is -0.493 e. The number of nitrogens with one attached hydrogen (secondary N) is 2. The first-order valence-corrected chi connectivity index (χ1v) is 6.92. The third-order valence-electron chi connectivity index (χ3n) is 3.17. The molecule has 0 bridgehead atoms. The maximum Gasteiger partial charge on any atom is 0.192 e.